The first-order valence-corrected chi connectivity index (χ1v) is 23.9. The Morgan fingerprint density at radius 3 is 2.17 bits per heavy atom. The molecule has 7 rings (SSSR count). The minimum absolute atomic E-state index is 0. The van der Waals surface area contributed by atoms with Gasteiger partial charge < -0.3 is 4.98 Å². The van der Waals surface area contributed by atoms with Gasteiger partial charge in [0.2, 0.25) is 0 Å². The minimum atomic E-state index is -1.77. The third-order valence-electron chi connectivity index (χ3n) is 8.37. The number of nitrogens with zero attached hydrogens (tertiary/aromatic N) is 2. The zero-order chi connectivity index (χ0) is 33.3. The maximum absolute atomic E-state index is 8.39. The minimum Gasteiger partial charge on any atom is -0.305 e. The van der Waals surface area contributed by atoms with Crippen molar-refractivity contribution in [2.45, 2.75) is 50.9 Å². The molecule has 0 N–H and O–H groups in total. The summed E-state index contributed by atoms with van der Waals surface area (Å²) in [6, 6.07) is 40.0. The second-order valence-electron chi connectivity index (χ2n) is 13.0. The summed E-state index contributed by atoms with van der Waals surface area (Å²) in [5, 5.41) is 2.50. The van der Waals surface area contributed by atoms with Gasteiger partial charge in [0.1, 0.15) is 0 Å². The fourth-order valence-corrected chi connectivity index (χ4v) is 11.0. The maximum Gasteiger partial charge on any atom is 0.0346 e. The van der Waals surface area contributed by atoms with Gasteiger partial charge in [-0.25, -0.2) is 0 Å². The number of pyridine rings is 2. The largest absolute Gasteiger partial charge is 0.305 e. The molecule has 2 nitrogen and oxygen atoms in total. The number of fused-ring (bicyclic) bond motifs is 3. The first-order chi connectivity index (χ1) is 22.4. The molecule has 0 bridgehead atoms. The topological polar surface area (TPSA) is 25.8 Å². The second kappa shape index (κ2) is 14.8. The van der Waals surface area contributed by atoms with Crippen molar-refractivity contribution in [1.82, 2.24) is 9.97 Å². The number of hydrogen-bond donors (Lipinski definition) is 0. The summed E-state index contributed by atoms with van der Waals surface area (Å²) in [6.45, 7) is 8.19. The molecule has 0 unspecified atom stereocenters. The van der Waals surface area contributed by atoms with Crippen molar-refractivity contribution >= 4 is 49.2 Å². The van der Waals surface area contributed by atoms with Crippen LogP contribution in [0, 0.1) is 26.0 Å². The molecule has 47 heavy (non-hydrogen) atoms. The average Bonchev–Trinajstić information content (AvgIpc) is 3.43. The summed E-state index contributed by atoms with van der Waals surface area (Å²) >= 11 is 0.0414. The zero-order valence-electron chi connectivity index (χ0n) is 29.0. The van der Waals surface area contributed by atoms with Gasteiger partial charge in [-0.15, -0.1) is 23.8 Å². The molecule has 0 spiro atoms. The molecule has 3 aromatic heterocycles. The van der Waals surface area contributed by atoms with E-state index in [1.807, 2.05) is 61.6 Å². The van der Waals surface area contributed by atoms with Crippen LogP contribution in [0.5, 0.6) is 0 Å². The molecular formula is C42H40GeIrN2S-2. The smallest absolute Gasteiger partial charge is 0.0346 e. The molecule has 1 radical (unpaired) electrons. The molecular weight excluding hydrogens is 829 g/mol. The third-order valence-corrected chi connectivity index (χ3v) is 14.1. The Kier molecular flexibility index (Phi) is 10.5. The van der Waals surface area contributed by atoms with Crippen LogP contribution in [0.25, 0.3) is 53.8 Å². The predicted octanol–water partition coefficient (Wildman–Crippen LogP) is 11.4. The molecule has 0 aliphatic rings. The number of benzene rings is 4. The van der Waals surface area contributed by atoms with Crippen LogP contribution in [-0.4, -0.2) is 23.2 Å². The van der Waals surface area contributed by atoms with Crippen LogP contribution in [0.3, 0.4) is 0 Å². The fraction of sp³-hybridized carbons (Fsp3) is 0.190. The van der Waals surface area contributed by atoms with Crippen molar-refractivity contribution in [3.8, 4) is 33.6 Å². The standard InChI is InChI=1S/C27H22NS.C15H18GeN.Ir/c1-17(2)20-14-15-28-24(16-20)23-11-7-10-21-22-13-12-18(3)25(27(22)29-26(21)23)19-8-5-4-6-9-19;1-12-10-15(13-8-6-5-7-9-13)17-11-14(12)16(2,3)4;/h4-10,12-17H,1-3H3;5-8,10-11H,1-4H3;/q2*-1;/i17D;;. The SMILES string of the molecule is Cc1cc(-c2[c-]cccc2)nc[c]1[Ge]([CH3])([CH3])[CH3].[2H]C(C)(C)c1ccnc(-c2[c-]ccc3c2sc2c(-c4ccccc4)c(C)ccc23)c1.[Ir]. The van der Waals surface area contributed by atoms with Crippen molar-refractivity contribution in [2.24, 2.45) is 0 Å². The van der Waals surface area contributed by atoms with Crippen molar-refractivity contribution in [3.63, 3.8) is 0 Å². The van der Waals surface area contributed by atoms with E-state index < -0.39 is 19.2 Å². The monoisotopic (exact) mass is 872 g/mol. The van der Waals surface area contributed by atoms with Crippen LogP contribution in [0.2, 0.25) is 17.3 Å². The summed E-state index contributed by atoms with van der Waals surface area (Å²) in [7, 11) is 0. The normalized spacial score (nSPS) is 11.9. The van der Waals surface area contributed by atoms with Crippen LogP contribution >= 0.6 is 11.3 Å². The Morgan fingerprint density at radius 2 is 1.49 bits per heavy atom. The molecule has 3 heterocycles. The second-order valence-corrected chi connectivity index (χ2v) is 24.6. The number of aryl methyl sites for hydroxylation is 2. The zero-order valence-corrected chi connectivity index (χ0v) is 33.3. The molecule has 0 fully saturated rings. The summed E-state index contributed by atoms with van der Waals surface area (Å²) in [5.74, 6) is 6.54. The van der Waals surface area contributed by atoms with E-state index in [-0.39, 0.29) is 20.1 Å². The number of thiophene rings is 1. The summed E-state index contributed by atoms with van der Waals surface area (Å²) < 4.78 is 12.4. The Balaban J connectivity index is 0.000000214. The Hall–Kier alpha value is -3.41. The predicted molar refractivity (Wildman–Crippen MR) is 202 cm³/mol. The Bertz CT molecular complexity index is 2180. The van der Waals surface area contributed by atoms with Gasteiger partial charge in [-0.05, 0) is 45.8 Å². The van der Waals surface area contributed by atoms with E-state index in [2.05, 4.69) is 120 Å². The third kappa shape index (κ3) is 7.52. The fourth-order valence-electron chi connectivity index (χ4n) is 5.98. The Morgan fingerprint density at radius 1 is 0.745 bits per heavy atom. The number of rotatable bonds is 5. The van der Waals surface area contributed by atoms with Gasteiger partial charge in [-0.2, -0.15) is 11.3 Å². The molecule has 0 atom stereocenters. The molecule has 0 aliphatic heterocycles. The van der Waals surface area contributed by atoms with Crippen molar-refractivity contribution < 1.29 is 21.5 Å². The summed E-state index contributed by atoms with van der Waals surface area (Å²) in [6.07, 6.45) is 3.88. The molecule has 239 valence electrons. The quantitative estimate of drug-likeness (QED) is 0.127. The van der Waals surface area contributed by atoms with Crippen LogP contribution in [0.1, 0.15) is 37.8 Å². The van der Waals surface area contributed by atoms with Crippen LogP contribution in [-0.2, 0) is 20.1 Å². The molecule has 0 aliphatic carbocycles. The molecule has 7 aromatic rings. The van der Waals surface area contributed by atoms with Crippen molar-refractivity contribution in [1.29, 1.82) is 0 Å². The summed E-state index contributed by atoms with van der Waals surface area (Å²) in [4.78, 5) is 9.23. The van der Waals surface area contributed by atoms with Crippen LogP contribution in [0.4, 0.5) is 0 Å². The van der Waals surface area contributed by atoms with Gasteiger partial charge in [0.05, 0.1) is 0 Å². The molecule has 0 amide bonds. The molecule has 0 saturated carbocycles. The van der Waals surface area contributed by atoms with E-state index in [9.17, 15) is 0 Å². The van der Waals surface area contributed by atoms with Gasteiger partial charge in [0.25, 0.3) is 0 Å². The first-order valence-electron chi connectivity index (χ1n) is 16.2. The molecule has 0 saturated heterocycles. The molecule has 5 heteroatoms. The van der Waals surface area contributed by atoms with Crippen molar-refractivity contribution in [3.05, 3.63) is 138 Å². The average molecular weight is 871 g/mol. The van der Waals surface area contributed by atoms with Crippen LogP contribution in [0.15, 0.2) is 109 Å². The van der Waals surface area contributed by atoms with Crippen LogP contribution < -0.4 is 4.40 Å². The summed E-state index contributed by atoms with van der Waals surface area (Å²) in [5.41, 5.74) is 10.1. The van der Waals surface area contributed by atoms with E-state index in [1.54, 1.807) is 6.20 Å². The maximum atomic E-state index is 8.39. The molecule has 4 aromatic carbocycles. The van der Waals surface area contributed by atoms with Gasteiger partial charge in [0, 0.05) is 37.9 Å². The van der Waals surface area contributed by atoms with E-state index in [1.165, 1.54) is 46.8 Å². The van der Waals surface area contributed by atoms with Gasteiger partial charge in [-0.3, -0.25) is 0 Å². The van der Waals surface area contributed by atoms with E-state index in [0.717, 1.165) is 28.1 Å². The number of aromatic nitrogens is 2. The van der Waals surface area contributed by atoms with Gasteiger partial charge >= 0.3 is 106 Å². The number of hydrogen-bond acceptors (Lipinski definition) is 3. The van der Waals surface area contributed by atoms with E-state index in [4.69, 9.17) is 1.37 Å². The van der Waals surface area contributed by atoms with E-state index >= 15 is 0 Å². The van der Waals surface area contributed by atoms with E-state index in [0.29, 0.717) is 0 Å². The van der Waals surface area contributed by atoms with Gasteiger partial charge in [-0.1, -0.05) is 73.3 Å². The Labute approximate surface area is 301 Å². The van der Waals surface area contributed by atoms with Gasteiger partial charge in [0.15, 0.2) is 0 Å². The van der Waals surface area contributed by atoms with Crippen molar-refractivity contribution in [2.75, 3.05) is 0 Å². The first kappa shape index (κ1) is 33.5.